The van der Waals surface area contributed by atoms with Crippen molar-refractivity contribution in [2.45, 2.75) is 19.8 Å². The lowest BCUT2D eigenvalue weighted by Crippen LogP contribution is -2.29. The van der Waals surface area contributed by atoms with Gasteiger partial charge in [0, 0.05) is 6.54 Å². The largest absolute Gasteiger partial charge is 0.351 e. The molecule has 7 heteroatoms. The lowest BCUT2D eigenvalue weighted by Gasteiger charge is -2.10. The summed E-state index contributed by atoms with van der Waals surface area (Å²) in [4.78, 5) is 21.1. The van der Waals surface area contributed by atoms with Crippen molar-refractivity contribution >= 4 is 11.6 Å². The number of hydrogen-bond acceptors (Lipinski definition) is 3. The number of amides is 1. The van der Waals surface area contributed by atoms with Gasteiger partial charge in [-0.15, -0.1) is 0 Å². The zero-order chi connectivity index (χ0) is 14.2. The third-order valence-corrected chi connectivity index (χ3v) is 3.26. The van der Waals surface area contributed by atoms with Gasteiger partial charge in [-0.3, -0.25) is 14.9 Å². The highest BCUT2D eigenvalue weighted by Crippen LogP contribution is 2.44. The van der Waals surface area contributed by atoms with E-state index in [-0.39, 0.29) is 5.41 Å². The fourth-order valence-electron chi connectivity index (χ4n) is 1.63. The monoisotopic (exact) mass is 270 g/mol. The summed E-state index contributed by atoms with van der Waals surface area (Å²) in [6, 6.07) is 0.973. The molecule has 0 aliphatic heterocycles. The van der Waals surface area contributed by atoms with Gasteiger partial charge < -0.3 is 5.32 Å². The zero-order valence-electron chi connectivity index (χ0n) is 10.2. The molecule has 1 aromatic carbocycles. The van der Waals surface area contributed by atoms with E-state index in [9.17, 15) is 23.7 Å². The molecule has 1 N–H and O–H groups in total. The highest BCUT2D eigenvalue weighted by molar-refractivity contribution is 5.94. The second-order valence-corrected chi connectivity index (χ2v) is 5.03. The quantitative estimate of drug-likeness (QED) is 0.674. The first-order valence-corrected chi connectivity index (χ1v) is 5.74. The highest BCUT2D eigenvalue weighted by atomic mass is 19.1. The van der Waals surface area contributed by atoms with E-state index >= 15 is 0 Å². The Morgan fingerprint density at radius 3 is 2.58 bits per heavy atom. The standard InChI is InChI=1S/C12H12F2N2O3/c1-12(2-3-12)6-15-11(17)7-4-9(14)10(16(18)19)5-8(7)13/h4-5H,2-3,6H2,1H3,(H,15,17). The van der Waals surface area contributed by atoms with Crippen LogP contribution in [0.5, 0.6) is 0 Å². The van der Waals surface area contributed by atoms with E-state index in [1.807, 2.05) is 6.92 Å². The van der Waals surface area contributed by atoms with Gasteiger partial charge in [-0.2, -0.15) is 4.39 Å². The van der Waals surface area contributed by atoms with E-state index in [0.29, 0.717) is 18.7 Å². The number of carbonyl (C=O) groups excluding carboxylic acids is 1. The number of benzene rings is 1. The molecule has 1 aliphatic carbocycles. The van der Waals surface area contributed by atoms with Crippen molar-refractivity contribution in [1.29, 1.82) is 0 Å². The fraction of sp³-hybridized carbons (Fsp3) is 0.417. The van der Waals surface area contributed by atoms with Gasteiger partial charge in [0.1, 0.15) is 5.82 Å². The van der Waals surface area contributed by atoms with Gasteiger partial charge in [0.15, 0.2) is 0 Å². The Balaban J connectivity index is 2.17. The number of halogens is 2. The number of nitro groups is 1. The Hall–Kier alpha value is -2.05. The number of nitrogens with one attached hydrogen (secondary N) is 1. The molecule has 0 unspecified atom stereocenters. The van der Waals surface area contributed by atoms with Crippen molar-refractivity contribution < 1.29 is 18.5 Å². The van der Waals surface area contributed by atoms with E-state index in [2.05, 4.69) is 5.32 Å². The summed E-state index contributed by atoms with van der Waals surface area (Å²) in [5, 5.41) is 12.9. The van der Waals surface area contributed by atoms with Crippen molar-refractivity contribution in [3.8, 4) is 0 Å². The molecule has 0 aromatic heterocycles. The predicted molar refractivity (Wildman–Crippen MR) is 62.7 cm³/mol. The molecule has 1 fully saturated rings. The summed E-state index contributed by atoms with van der Waals surface area (Å²) in [6.07, 6.45) is 1.95. The van der Waals surface area contributed by atoms with E-state index in [0.717, 1.165) is 12.8 Å². The first-order chi connectivity index (χ1) is 8.82. The van der Waals surface area contributed by atoms with Crippen LogP contribution in [0, 0.1) is 27.2 Å². The van der Waals surface area contributed by atoms with Crippen LogP contribution >= 0.6 is 0 Å². The van der Waals surface area contributed by atoms with Crippen LogP contribution < -0.4 is 5.32 Å². The molecule has 1 aliphatic rings. The minimum absolute atomic E-state index is 0.0332. The summed E-state index contributed by atoms with van der Waals surface area (Å²) >= 11 is 0. The zero-order valence-corrected chi connectivity index (χ0v) is 10.2. The van der Waals surface area contributed by atoms with Gasteiger partial charge in [0.05, 0.1) is 16.6 Å². The Morgan fingerprint density at radius 2 is 2.05 bits per heavy atom. The second kappa shape index (κ2) is 4.56. The molecule has 1 amide bonds. The Labute approximate surface area is 107 Å². The average molecular weight is 270 g/mol. The maximum Gasteiger partial charge on any atom is 0.307 e. The Bertz CT molecular complexity index is 556. The first kappa shape index (κ1) is 13.4. The molecule has 19 heavy (non-hydrogen) atoms. The van der Waals surface area contributed by atoms with E-state index in [1.165, 1.54) is 0 Å². The molecule has 0 radical (unpaired) electrons. The molecular formula is C12H12F2N2O3. The van der Waals surface area contributed by atoms with Gasteiger partial charge in [-0.25, -0.2) is 4.39 Å². The van der Waals surface area contributed by atoms with Crippen molar-refractivity contribution in [3.63, 3.8) is 0 Å². The van der Waals surface area contributed by atoms with Gasteiger partial charge in [0.25, 0.3) is 5.91 Å². The SMILES string of the molecule is CC1(CNC(=O)c2cc(F)c([N+](=O)[O-])cc2F)CC1. The maximum absolute atomic E-state index is 13.5. The predicted octanol–water partition coefficient (Wildman–Crippen LogP) is 2.40. The van der Waals surface area contributed by atoms with Crippen molar-refractivity contribution in [2.75, 3.05) is 6.54 Å². The molecule has 1 saturated carbocycles. The topological polar surface area (TPSA) is 72.2 Å². The van der Waals surface area contributed by atoms with Crippen LogP contribution in [0.3, 0.4) is 0 Å². The molecule has 0 saturated heterocycles. The minimum Gasteiger partial charge on any atom is -0.351 e. The number of hydrogen-bond donors (Lipinski definition) is 1. The summed E-state index contributed by atoms with van der Waals surface area (Å²) in [7, 11) is 0. The molecular weight excluding hydrogens is 258 g/mol. The molecule has 102 valence electrons. The van der Waals surface area contributed by atoms with Crippen molar-refractivity contribution in [2.24, 2.45) is 5.41 Å². The highest BCUT2D eigenvalue weighted by Gasteiger charge is 2.37. The smallest absolute Gasteiger partial charge is 0.307 e. The summed E-state index contributed by atoms with van der Waals surface area (Å²) in [5.41, 5.74) is -1.47. The minimum atomic E-state index is -1.23. The lowest BCUT2D eigenvalue weighted by molar-refractivity contribution is -0.387. The normalized spacial score (nSPS) is 15.9. The number of nitro benzene ring substituents is 1. The second-order valence-electron chi connectivity index (χ2n) is 5.03. The van der Waals surface area contributed by atoms with Gasteiger partial charge in [-0.05, 0) is 24.3 Å². The van der Waals surface area contributed by atoms with Gasteiger partial charge in [-0.1, -0.05) is 6.92 Å². The number of rotatable bonds is 4. The van der Waals surface area contributed by atoms with Crippen LogP contribution in [-0.4, -0.2) is 17.4 Å². The molecule has 0 atom stereocenters. The van der Waals surface area contributed by atoms with Crippen molar-refractivity contribution in [1.82, 2.24) is 5.32 Å². The summed E-state index contributed by atoms with van der Waals surface area (Å²) in [5.74, 6) is -3.10. The van der Waals surface area contributed by atoms with Crippen molar-refractivity contribution in [3.05, 3.63) is 39.4 Å². The van der Waals surface area contributed by atoms with E-state index in [4.69, 9.17) is 0 Å². The van der Waals surface area contributed by atoms with Crippen LogP contribution in [0.4, 0.5) is 14.5 Å². The summed E-state index contributed by atoms with van der Waals surface area (Å²) < 4.78 is 26.9. The number of carbonyl (C=O) groups is 1. The van der Waals surface area contributed by atoms with Crippen LogP contribution in [0.25, 0.3) is 0 Å². The van der Waals surface area contributed by atoms with Crippen LogP contribution in [0.15, 0.2) is 12.1 Å². The third-order valence-electron chi connectivity index (χ3n) is 3.26. The van der Waals surface area contributed by atoms with Crippen LogP contribution in [0.1, 0.15) is 30.1 Å². The fourth-order valence-corrected chi connectivity index (χ4v) is 1.63. The number of nitrogens with zero attached hydrogens (tertiary/aromatic N) is 1. The van der Waals surface area contributed by atoms with E-state index in [1.54, 1.807) is 0 Å². The average Bonchev–Trinajstić information content (AvgIpc) is 3.07. The van der Waals surface area contributed by atoms with Gasteiger partial charge >= 0.3 is 5.69 Å². The lowest BCUT2D eigenvalue weighted by atomic mass is 10.1. The van der Waals surface area contributed by atoms with Crippen LogP contribution in [-0.2, 0) is 0 Å². The molecule has 1 aromatic rings. The first-order valence-electron chi connectivity index (χ1n) is 5.74. The van der Waals surface area contributed by atoms with Gasteiger partial charge in [0.2, 0.25) is 5.82 Å². The molecule has 5 nitrogen and oxygen atoms in total. The molecule has 0 bridgehead atoms. The third kappa shape index (κ3) is 2.86. The molecule has 2 rings (SSSR count). The summed E-state index contributed by atoms with van der Waals surface area (Å²) in [6.45, 7) is 2.35. The molecule has 0 heterocycles. The Kier molecular flexibility index (Phi) is 3.21. The van der Waals surface area contributed by atoms with E-state index < -0.39 is 33.7 Å². The Morgan fingerprint density at radius 1 is 1.42 bits per heavy atom. The van der Waals surface area contributed by atoms with Crippen LogP contribution in [0.2, 0.25) is 0 Å². The maximum atomic E-state index is 13.5. The molecule has 0 spiro atoms.